The maximum Gasteiger partial charge on any atom is 0.191 e. The van der Waals surface area contributed by atoms with E-state index in [0.717, 1.165) is 17.5 Å². The number of nitrogens with two attached hydrogens (primary N) is 1. The molecule has 92 valence electrons. The van der Waals surface area contributed by atoms with E-state index < -0.39 is 0 Å². The Bertz CT molecular complexity index is 314. The predicted octanol–water partition coefficient (Wildman–Crippen LogP) is 0.256. The number of rotatable bonds is 7. The lowest BCUT2D eigenvalue weighted by molar-refractivity contribution is -0.0842. The van der Waals surface area contributed by atoms with E-state index in [0.29, 0.717) is 12.3 Å². The summed E-state index contributed by atoms with van der Waals surface area (Å²) in [7, 11) is 3.23. The Labute approximate surface area is 99.5 Å². The lowest BCUT2D eigenvalue weighted by Crippen LogP contribution is -2.17. The van der Waals surface area contributed by atoms with Crippen molar-refractivity contribution in [3.63, 3.8) is 0 Å². The maximum absolute atomic E-state index is 5.53. The highest BCUT2D eigenvalue weighted by Crippen LogP contribution is 2.18. The molecule has 6 nitrogen and oxygen atoms in total. The molecule has 0 aromatic carbocycles. The second kappa shape index (κ2) is 6.85. The summed E-state index contributed by atoms with van der Waals surface area (Å²) >= 11 is 1.55. The third kappa shape index (κ3) is 3.44. The average molecular weight is 246 g/mol. The summed E-state index contributed by atoms with van der Waals surface area (Å²) < 4.78 is 12.2. The Morgan fingerprint density at radius 3 is 2.62 bits per heavy atom. The standard InChI is InChI=1S/C9H18N4O2S/c1-7-11-12-9(13(7)5-4-10)16-6-8(14-2)15-3/h8H,4-6,10H2,1-3H3. The fourth-order valence-electron chi connectivity index (χ4n) is 1.23. The van der Waals surface area contributed by atoms with Gasteiger partial charge in [-0.2, -0.15) is 0 Å². The smallest absolute Gasteiger partial charge is 0.191 e. The molecule has 0 spiro atoms. The van der Waals surface area contributed by atoms with E-state index in [4.69, 9.17) is 15.2 Å². The Kier molecular flexibility index (Phi) is 5.75. The van der Waals surface area contributed by atoms with Crippen LogP contribution in [0.15, 0.2) is 5.16 Å². The van der Waals surface area contributed by atoms with E-state index in [1.54, 1.807) is 26.0 Å². The molecular formula is C9H18N4O2S. The van der Waals surface area contributed by atoms with E-state index in [1.807, 2.05) is 11.5 Å². The number of nitrogens with zero attached hydrogens (tertiary/aromatic N) is 3. The van der Waals surface area contributed by atoms with E-state index >= 15 is 0 Å². The molecule has 2 N–H and O–H groups in total. The van der Waals surface area contributed by atoms with E-state index in [1.165, 1.54) is 0 Å². The van der Waals surface area contributed by atoms with Crippen molar-refractivity contribution in [3.05, 3.63) is 5.82 Å². The van der Waals surface area contributed by atoms with Gasteiger partial charge in [0.2, 0.25) is 0 Å². The van der Waals surface area contributed by atoms with Crippen molar-refractivity contribution in [1.29, 1.82) is 0 Å². The highest BCUT2D eigenvalue weighted by molar-refractivity contribution is 7.99. The normalized spacial score (nSPS) is 11.3. The van der Waals surface area contributed by atoms with Crippen LogP contribution < -0.4 is 5.73 Å². The second-order valence-corrected chi connectivity index (χ2v) is 4.17. The Hall–Kier alpha value is -0.630. The molecule has 1 aromatic rings. The molecule has 1 heterocycles. The minimum atomic E-state index is -0.228. The molecule has 16 heavy (non-hydrogen) atoms. The predicted molar refractivity (Wildman–Crippen MR) is 62.3 cm³/mol. The summed E-state index contributed by atoms with van der Waals surface area (Å²) in [5.41, 5.74) is 5.53. The van der Waals surface area contributed by atoms with Crippen LogP contribution in [0.25, 0.3) is 0 Å². The molecule has 0 unspecified atom stereocenters. The number of aromatic nitrogens is 3. The van der Waals surface area contributed by atoms with Gasteiger partial charge in [-0.15, -0.1) is 10.2 Å². The largest absolute Gasteiger partial charge is 0.355 e. The van der Waals surface area contributed by atoms with Crippen molar-refractivity contribution in [2.45, 2.75) is 24.9 Å². The van der Waals surface area contributed by atoms with Crippen molar-refractivity contribution in [2.24, 2.45) is 5.73 Å². The Balaban J connectivity index is 2.59. The molecular weight excluding hydrogens is 228 g/mol. The van der Waals surface area contributed by atoms with Gasteiger partial charge in [-0.1, -0.05) is 11.8 Å². The first-order chi connectivity index (χ1) is 7.72. The second-order valence-electron chi connectivity index (χ2n) is 3.18. The topological polar surface area (TPSA) is 75.2 Å². The fraction of sp³-hybridized carbons (Fsp3) is 0.778. The van der Waals surface area contributed by atoms with Crippen LogP contribution in [0.5, 0.6) is 0 Å². The molecule has 7 heteroatoms. The summed E-state index contributed by atoms with van der Waals surface area (Å²) in [6.07, 6.45) is -0.228. The number of methoxy groups -OCH3 is 2. The van der Waals surface area contributed by atoms with Crippen LogP contribution in [-0.2, 0) is 16.0 Å². The molecule has 0 aliphatic rings. The molecule has 0 atom stereocenters. The molecule has 1 rings (SSSR count). The highest BCUT2D eigenvalue weighted by atomic mass is 32.2. The molecule has 0 bridgehead atoms. The third-order valence-electron chi connectivity index (χ3n) is 2.13. The van der Waals surface area contributed by atoms with Crippen molar-refractivity contribution < 1.29 is 9.47 Å². The number of aryl methyl sites for hydroxylation is 1. The Morgan fingerprint density at radius 2 is 2.06 bits per heavy atom. The van der Waals surface area contributed by atoms with Crippen molar-refractivity contribution in [2.75, 3.05) is 26.5 Å². The van der Waals surface area contributed by atoms with Gasteiger partial charge in [-0.25, -0.2) is 0 Å². The van der Waals surface area contributed by atoms with Crippen LogP contribution in [0.1, 0.15) is 5.82 Å². The van der Waals surface area contributed by atoms with Gasteiger partial charge in [0.25, 0.3) is 0 Å². The highest BCUT2D eigenvalue weighted by Gasteiger charge is 2.12. The van der Waals surface area contributed by atoms with E-state index in [9.17, 15) is 0 Å². The van der Waals surface area contributed by atoms with Crippen LogP contribution in [0.3, 0.4) is 0 Å². The maximum atomic E-state index is 5.53. The summed E-state index contributed by atoms with van der Waals surface area (Å²) in [4.78, 5) is 0. The molecule has 0 saturated carbocycles. The zero-order valence-electron chi connectivity index (χ0n) is 9.84. The summed E-state index contributed by atoms with van der Waals surface area (Å²) in [5.74, 6) is 1.55. The van der Waals surface area contributed by atoms with Gasteiger partial charge in [0.15, 0.2) is 11.4 Å². The molecule has 0 saturated heterocycles. The molecule has 0 amide bonds. The van der Waals surface area contributed by atoms with E-state index in [2.05, 4.69) is 10.2 Å². The molecule has 0 radical (unpaired) electrons. The number of thioether (sulfide) groups is 1. The van der Waals surface area contributed by atoms with Gasteiger partial charge in [0.05, 0.1) is 5.75 Å². The first-order valence-electron chi connectivity index (χ1n) is 5.01. The number of ether oxygens (including phenoxy) is 2. The van der Waals surface area contributed by atoms with Crippen molar-refractivity contribution in [3.8, 4) is 0 Å². The number of hydrogen-bond donors (Lipinski definition) is 1. The molecule has 0 aliphatic carbocycles. The zero-order valence-corrected chi connectivity index (χ0v) is 10.7. The SMILES string of the molecule is COC(CSc1nnc(C)n1CCN)OC. The van der Waals surface area contributed by atoms with Crippen LogP contribution in [0.4, 0.5) is 0 Å². The third-order valence-corrected chi connectivity index (χ3v) is 3.13. The van der Waals surface area contributed by atoms with Crippen molar-refractivity contribution >= 4 is 11.8 Å². The molecule has 0 fully saturated rings. The van der Waals surface area contributed by atoms with Crippen LogP contribution in [0, 0.1) is 6.92 Å². The first kappa shape index (κ1) is 13.4. The summed E-state index contributed by atoms with van der Waals surface area (Å²) in [5, 5.41) is 8.95. The van der Waals surface area contributed by atoms with Gasteiger partial charge in [0, 0.05) is 27.3 Å². The van der Waals surface area contributed by atoms with Gasteiger partial charge < -0.3 is 19.8 Å². The van der Waals surface area contributed by atoms with Gasteiger partial charge in [-0.05, 0) is 6.92 Å². The molecule has 1 aromatic heterocycles. The quantitative estimate of drug-likeness (QED) is 0.549. The van der Waals surface area contributed by atoms with Gasteiger partial charge in [0.1, 0.15) is 5.82 Å². The minimum Gasteiger partial charge on any atom is -0.355 e. The number of hydrogen-bond acceptors (Lipinski definition) is 6. The molecule has 0 aliphatic heterocycles. The minimum absolute atomic E-state index is 0.228. The van der Waals surface area contributed by atoms with Crippen molar-refractivity contribution in [1.82, 2.24) is 14.8 Å². The van der Waals surface area contributed by atoms with E-state index in [-0.39, 0.29) is 6.29 Å². The average Bonchev–Trinajstić information content (AvgIpc) is 2.63. The van der Waals surface area contributed by atoms with Crippen LogP contribution in [0.2, 0.25) is 0 Å². The first-order valence-corrected chi connectivity index (χ1v) is 5.99. The summed E-state index contributed by atoms with van der Waals surface area (Å²) in [6.45, 7) is 3.22. The van der Waals surface area contributed by atoms with Crippen LogP contribution >= 0.6 is 11.8 Å². The monoisotopic (exact) mass is 246 g/mol. The van der Waals surface area contributed by atoms with Gasteiger partial charge in [-0.3, -0.25) is 0 Å². The summed E-state index contributed by atoms with van der Waals surface area (Å²) in [6, 6.07) is 0. The zero-order chi connectivity index (χ0) is 12.0. The van der Waals surface area contributed by atoms with Gasteiger partial charge >= 0.3 is 0 Å². The fourth-order valence-corrected chi connectivity index (χ4v) is 2.26. The van der Waals surface area contributed by atoms with Crippen LogP contribution in [-0.4, -0.2) is 47.6 Å². The lowest BCUT2D eigenvalue weighted by atomic mass is 10.6. The lowest BCUT2D eigenvalue weighted by Gasteiger charge is -2.12. The Morgan fingerprint density at radius 1 is 1.38 bits per heavy atom.